The molecule has 0 unspecified atom stereocenters. The number of ether oxygens (including phenoxy) is 1. The fraction of sp³-hybridized carbons (Fsp3) is 0.438. The number of anilines is 1. The zero-order valence-electron chi connectivity index (χ0n) is 13.7. The van der Waals surface area contributed by atoms with Crippen LogP contribution in [0.2, 0.25) is 0 Å². The molecule has 0 spiro atoms. The van der Waals surface area contributed by atoms with Gasteiger partial charge in [-0.3, -0.25) is 9.48 Å². The highest BCUT2D eigenvalue weighted by Gasteiger charge is 2.11. The fourth-order valence-corrected chi connectivity index (χ4v) is 1.96. The highest BCUT2D eigenvalue weighted by Crippen LogP contribution is 2.24. The third-order valence-electron chi connectivity index (χ3n) is 3.60. The first kappa shape index (κ1) is 16.0. The lowest BCUT2D eigenvalue weighted by molar-refractivity contribution is -0.118. The molecule has 0 aliphatic carbocycles. The zero-order valence-corrected chi connectivity index (χ0v) is 13.7. The molecule has 6 nitrogen and oxygen atoms in total. The summed E-state index contributed by atoms with van der Waals surface area (Å²) in [5.74, 6) is 1.36. The van der Waals surface area contributed by atoms with Gasteiger partial charge in [-0.05, 0) is 37.0 Å². The van der Waals surface area contributed by atoms with E-state index in [2.05, 4.69) is 35.5 Å². The molecule has 0 aliphatic rings. The fourth-order valence-electron chi connectivity index (χ4n) is 1.96. The van der Waals surface area contributed by atoms with Crippen molar-refractivity contribution in [1.82, 2.24) is 15.0 Å². The molecule has 1 N–H and O–H groups in total. The molecule has 1 heterocycles. The van der Waals surface area contributed by atoms with E-state index in [0.29, 0.717) is 11.7 Å². The van der Waals surface area contributed by atoms with Crippen LogP contribution in [0, 0.1) is 13.8 Å². The standard InChI is InChI=1S/C16H22N4O2/c1-10(2)13-7-6-11(3)14(8-13)22-9-15(21)17-16-12(4)20(5)19-18-16/h6-8,10H,9H2,1-5H3,(H,17,21). The summed E-state index contributed by atoms with van der Waals surface area (Å²) < 4.78 is 7.25. The number of aryl methyl sites for hydroxylation is 2. The summed E-state index contributed by atoms with van der Waals surface area (Å²) in [6.07, 6.45) is 0. The molecule has 0 saturated carbocycles. The van der Waals surface area contributed by atoms with Crippen molar-refractivity contribution in [3.63, 3.8) is 0 Å². The van der Waals surface area contributed by atoms with Crippen molar-refractivity contribution < 1.29 is 9.53 Å². The van der Waals surface area contributed by atoms with Gasteiger partial charge in [-0.2, -0.15) is 0 Å². The number of carbonyl (C=O) groups excluding carboxylic acids is 1. The minimum absolute atomic E-state index is 0.0571. The van der Waals surface area contributed by atoms with E-state index < -0.39 is 0 Å². The first-order valence-electron chi connectivity index (χ1n) is 7.28. The molecule has 1 aromatic carbocycles. The Labute approximate surface area is 130 Å². The van der Waals surface area contributed by atoms with Gasteiger partial charge in [0.05, 0.1) is 5.69 Å². The van der Waals surface area contributed by atoms with Crippen LogP contribution in [0.25, 0.3) is 0 Å². The van der Waals surface area contributed by atoms with Crippen LogP contribution in [0.3, 0.4) is 0 Å². The Hall–Kier alpha value is -2.37. The van der Waals surface area contributed by atoms with E-state index in [1.54, 1.807) is 11.7 Å². The third kappa shape index (κ3) is 3.63. The average molecular weight is 302 g/mol. The molecule has 0 atom stereocenters. The van der Waals surface area contributed by atoms with Crippen LogP contribution in [0.1, 0.15) is 36.6 Å². The van der Waals surface area contributed by atoms with Crippen molar-refractivity contribution in [3.05, 3.63) is 35.0 Å². The largest absolute Gasteiger partial charge is 0.483 e. The van der Waals surface area contributed by atoms with Crippen molar-refractivity contribution in [2.24, 2.45) is 7.05 Å². The minimum Gasteiger partial charge on any atom is -0.483 e. The molecular formula is C16H22N4O2. The molecule has 0 aliphatic heterocycles. The number of benzene rings is 1. The average Bonchev–Trinajstić information content (AvgIpc) is 2.78. The summed E-state index contributed by atoms with van der Waals surface area (Å²) in [6.45, 7) is 7.99. The van der Waals surface area contributed by atoms with Crippen LogP contribution in [0.15, 0.2) is 18.2 Å². The van der Waals surface area contributed by atoms with E-state index in [9.17, 15) is 4.79 Å². The lowest BCUT2D eigenvalue weighted by Crippen LogP contribution is -2.21. The SMILES string of the molecule is Cc1ccc(C(C)C)cc1OCC(=O)Nc1nnn(C)c1C. The van der Waals surface area contributed by atoms with Crippen LogP contribution in [-0.4, -0.2) is 27.5 Å². The number of nitrogens with one attached hydrogen (secondary N) is 1. The number of carbonyl (C=O) groups is 1. The lowest BCUT2D eigenvalue weighted by Gasteiger charge is -2.12. The predicted octanol–water partition coefficient (Wildman–Crippen LogP) is 2.57. The number of hydrogen-bond donors (Lipinski definition) is 1. The number of amides is 1. The van der Waals surface area contributed by atoms with Crippen LogP contribution in [0.4, 0.5) is 5.82 Å². The molecule has 2 aromatic rings. The van der Waals surface area contributed by atoms with Gasteiger partial charge in [0.1, 0.15) is 5.75 Å². The van der Waals surface area contributed by atoms with Crippen molar-refractivity contribution in [1.29, 1.82) is 0 Å². The highest BCUT2D eigenvalue weighted by molar-refractivity contribution is 5.91. The van der Waals surface area contributed by atoms with Crippen LogP contribution in [0.5, 0.6) is 5.75 Å². The molecule has 0 radical (unpaired) electrons. The van der Waals surface area contributed by atoms with E-state index >= 15 is 0 Å². The first-order valence-corrected chi connectivity index (χ1v) is 7.28. The van der Waals surface area contributed by atoms with Gasteiger partial charge in [-0.25, -0.2) is 0 Å². The summed E-state index contributed by atoms with van der Waals surface area (Å²) in [5.41, 5.74) is 2.99. The molecule has 1 aromatic heterocycles. The summed E-state index contributed by atoms with van der Waals surface area (Å²) >= 11 is 0. The van der Waals surface area contributed by atoms with E-state index in [1.165, 1.54) is 5.56 Å². The predicted molar refractivity (Wildman–Crippen MR) is 85.1 cm³/mol. The molecule has 118 valence electrons. The van der Waals surface area contributed by atoms with Crippen LogP contribution < -0.4 is 10.1 Å². The number of hydrogen-bond acceptors (Lipinski definition) is 4. The van der Waals surface area contributed by atoms with Gasteiger partial charge in [-0.1, -0.05) is 31.2 Å². The summed E-state index contributed by atoms with van der Waals surface area (Å²) in [7, 11) is 1.77. The monoisotopic (exact) mass is 302 g/mol. The van der Waals surface area contributed by atoms with Crippen LogP contribution in [-0.2, 0) is 11.8 Å². The first-order chi connectivity index (χ1) is 10.4. The molecule has 6 heteroatoms. The summed E-state index contributed by atoms with van der Waals surface area (Å²) in [5, 5.41) is 10.4. The van der Waals surface area contributed by atoms with Gasteiger partial charge in [0, 0.05) is 7.05 Å². The van der Waals surface area contributed by atoms with Gasteiger partial charge < -0.3 is 10.1 Å². The van der Waals surface area contributed by atoms with Gasteiger partial charge >= 0.3 is 0 Å². The molecule has 0 saturated heterocycles. The number of rotatable bonds is 5. The summed E-state index contributed by atoms with van der Waals surface area (Å²) in [6, 6.07) is 6.08. The maximum atomic E-state index is 12.0. The maximum Gasteiger partial charge on any atom is 0.263 e. The molecule has 0 fully saturated rings. The van der Waals surface area contributed by atoms with Crippen LogP contribution >= 0.6 is 0 Å². The topological polar surface area (TPSA) is 69.0 Å². The smallest absolute Gasteiger partial charge is 0.263 e. The highest BCUT2D eigenvalue weighted by atomic mass is 16.5. The minimum atomic E-state index is -0.252. The maximum absolute atomic E-state index is 12.0. The number of nitrogens with zero attached hydrogens (tertiary/aromatic N) is 3. The van der Waals surface area contributed by atoms with Gasteiger partial charge in [0.15, 0.2) is 12.4 Å². The van der Waals surface area contributed by atoms with Crippen molar-refractivity contribution in [2.75, 3.05) is 11.9 Å². The Morgan fingerprint density at radius 3 is 2.68 bits per heavy atom. The normalized spacial score (nSPS) is 10.8. The molecular weight excluding hydrogens is 280 g/mol. The van der Waals surface area contributed by atoms with Gasteiger partial charge in [-0.15, -0.1) is 5.10 Å². The Balaban J connectivity index is 1.99. The molecule has 0 bridgehead atoms. The Morgan fingerprint density at radius 2 is 2.09 bits per heavy atom. The second-order valence-electron chi connectivity index (χ2n) is 5.66. The Bertz CT molecular complexity index is 677. The lowest BCUT2D eigenvalue weighted by atomic mass is 10.0. The van der Waals surface area contributed by atoms with Crippen molar-refractivity contribution >= 4 is 11.7 Å². The van der Waals surface area contributed by atoms with Crippen molar-refractivity contribution in [3.8, 4) is 5.75 Å². The zero-order chi connectivity index (χ0) is 16.3. The number of aromatic nitrogens is 3. The van der Waals surface area contributed by atoms with E-state index in [-0.39, 0.29) is 12.5 Å². The van der Waals surface area contributed by atoms with Gasteiger partial charge in [0.2, 0.25) is 0 Å². The molecule has 22 heavy (non-hydrogen) atoms. The second kappa shape index (κ2) is 6.60. The molecule has 1 amide bonds. The summed E-state index contributed by atoms with van der Waals surface area (Å²) in [4.78, 5) is 12.0. The second-order valence-corrected chi connectivity index (χ2v) is 5.66. The quantitative estimate of drug-likeness (QED) is 0.921. The Kier molecular flexibility index (Phi) is 4.80. The van der Waals surface area contributed by atoms with E-state index in [1.807, 2.05) is 26.0 Å². The third-order valence-corrected chi connectivity index (χ3v) is 3.60. The molecule has 2 rings (SSSR count). The van der Waals surface area contributed by atoms with Crippen molar-refractivity contribution in [2.45, 2.75) is 33.6 Å². The van der Waals surface area contributed by atoms with Gasteiger partial charge in [0.25, 0.3) is 5.91 Å². The van der Waals surface area contributed by atoms with E-state index in [4.69, 9.17) is 4.74 Å². The Morgan fingerprint density at radius 1 is 1.36 bits per heavy atom. The van der Waals surface area contributed by atoms with E-state index in [0.717, 1.165) is 17.0 Å².